The maximum absolute atomic E-state index is 12.5. The van der Waals surface area contributed by atoms with Crippen LogP contribution in [0.2, 0.25) is 0 Å². The Morgan fingerprint density at radius 1 is 1.04 bits per heavy atom. The minimum absolute atomic E-state index is 0.0241. The third-order valence-corrected chi connectivity index (χ3v) is 6.55. The number of amides is 2. The maximum atomic E-state index is 12.5. The van der Waals surface area contributed by atoms with Gasteiger partial charge in [-0.1, -0.05) is 38.5 Å². The SMILES string of the molecule is O=C1CC(C(=O)NCC2(C3CCCCC3)CCCCC2)CCN1. The van der Waals surface area contributed by atoms with E-state index in [0.29, 0.717) is 18.4 Å². The van der Waals surface area contributed by atoms with Crippen LogP contribution >= 0.6 is 0 Å². The van der Waals surface area contributed by atoms with E-state index in [1.807, 2.05) is 0 Å². The lowest BCUT2D eigenvalue weighted by atomic mass is 9.61. The van der Waals surface area contributed by atoms with Gasteiger partial charge in [0.15, 0.2) is 0 Å². The van der Waals surface area contributed by atoms with Crippen molar-refractivity contribution >= 4 is 11.8 Å². The standard InChI is InChI=1S/C19H32N2O2/c22-17-13-15(9-12-20-17)18(23)21-14-19(10-5-2-6-11-19)16-7-3-1-4-8-16/h15-16H,1-14H2,(H,20,22)(H,21,23). The van der Waals surface area contributed by atoms with Crippen LogP contribution in [0.3, 0.4) is 0 Å². The Kier molecular flexibility index (Phi) is 5.60. The van der Waals surface area contributed by atoms with Crippen LogP contribution in [0.1, 0.15) is 77.0 Å². The summed E-state index contributed by atoms with van der Waals surface area (Å²) in [4.78, 5) is 24.0. The van der Waals surface area contributed by atoms with E-state index < -0.39 is 0 Å². The Morgan fingerprint density at radius 2 is 1.74 bits per heavy atom. The van der Waals surface area contributed by atoms with E-state index in [2.05, 4.69) is 10.6 Å². The van der Waals surface area contributed by atoms with Gasteiger partial charge >= 0.3 is 0 Å². The molecule has 2 amide bonds. The molecule has 2 aliphatic carbocycles. The number of piperidine rings is 1. The molecule has 1 atom stereocenters. The number of rotatable bonds is 4. The molecule has 1 unspecified atom stereocenters. The summed E-state index contributed by atoms with van der Waals surface area (Å²) in [6, 6.07) is 0. The first-order chi connectivity index (χ1) is 11.2. The van der Waals surface area contributed by atoms with Crippen molar-refractivity contribution in [1.82, 2.24) is 10.6 Å². The second-order valence-electron chi connectivity index (χ2n) is 8.02. The molecule has 0 aromatic carbocycles. The lowest BCUT2D eigenvalue weighted by Gasteiger charge is -2.46. The summed E-state index contributed by atoms with van der Waals surface area (Å²) in [5.74, 6) is 0.818. The van der Waals surface area contributed by atoms with Crippen molar-refractivity contribution in [2.45, 2.75) is 77.0 Å². The molecule has 0 spiro atoms. The first-order valence-electron chi connectivity index (χ1n) is 9.74. The van der Waals surface area contributed by atoms with Gasteiger partial charge < -0.3 is 10.6 Å². The normalized spacial score (nSPS) is 28.9. The molecule has 0 aromatic heterocycles. The Bertz CT molecular complexity index is 423. The average molecular weight is 320 g/mol. The van der Waals surface area contributed by atoms with Crippen molar-refractivity contribution in [3.05, 3.63) is 0 Å². The maximum Gasteiger partial charge on any atom is 0.223 e. The van der Waals surface area contributed by atoms with E-state index in [0.717, 1.165) is 18.9 Å². The van der Waals surface area contributed by atoms with E-state index in [-0.39, 0.29) is 17.7 Å². The summed E-state index contributed by atoms with van der Waals surface area (Å²) >= 11 is 0. The Balaban J connectivity index is 1.59. The first kappa shape index (κ1) is 16.8. The number of hydrogen-bond donors (Lipinski definition) is 2. The Hall–Kier alpha value is -1.06. The molecule has 23 heavy (non-hydrogen) atoms. The highest BCUT2D eigenvalue weighted by Gasteiger charge is 2.40. The Labute approximate surface area is 140 Å². The minimum Gasteiger partial charge on any atom is -0.356 e. The molecule has 0 radical (unpaired) electrons. The van der Waals surface area contributed by atoms with Crippen molar-refractivity contribution in [2.24, 2.45) is 17.3 Å². The quantitative estimate of drug-likeness (QED) is 0.836. The molecule has 2 N–H and O–H groups in total. The van der Waals surface area contributed by atoms with Gasteiger partial charge in [0.2, 0.25) is 11.8 Å². The monoisotopic (exact) mass is 320 g/mol. The van der Waals surface area contributed by atoms with Crippen molar-refractivity contribution in [2.75, 3.05) is 13.1 Å². The van der Waals surface area contributed by atoms with Crippen molar-refractivity contribution in [1.29, 1.82) is 0 Å². The second-order valence-corrected chi connectivity index (χ2v) is 8.02. The molecule has 2 saturated carbocycles. The highest BCUT2D eigenvalue weighted by molar-refractivity contribution is 5.86. The zero-order valence-electron chi connectivity index (χ0n) is 14.4. The molecule has 4 heteroatoms. The highest BCUT2D eigenvalue weighted by atomic mass is 16.2. The largest absolute Gasteiger partial charge is 0.356 e. The van der Waals surface area contributed by atoms with E-state index >= 15 is 0 Å². The summed E-state index contributed by atoms with van der Waals surface area (Å²) in [6.07, 6.45) is 14.5. The third kappa shape index (κ3) is 4.07. The molecule has 3 rings (SSSR count). The van der Waals surface area contributed by atoms with Crippen LogP contribution in [-0.4, -0.2) is 24.9 Å². The fraction of sp³-hybridized carbons (Fsp3) is 0.895. The van der Waals surface area contributed by atoms with E-state index in [1.54, 1.807) is 0 Å². The predicted molar refractivity (Wildman–Crippen MR) is 90.8 cm³/mol. The minimum atomic E-state index is -0.115. The molecule has 3 fully saturated rings. The highest BCUT2D eigenvalue weighted by Crippen LogP contribution is 2.47. The van der Waals surface area contributed by atoms with Crippen molar-refractivity contribution in [3.8, 4) is 0 Å². The van der Waals surface area contributed by atoms with Crippen LogP contribution < -0.4 is 10.6 Å². The lowest BCUT2D eigenvalue weighted by molar-refractivity contribution is -0.133. The molecule has 0 bridgehead atoms. The number of nitrogens with one attached hydrogen (secondary N) is 2. The van der Waals surface area contributed by atoms with Gasteiger partial charge in [-0.2, -0.15) is 0 Å². The van der Waals surface area contributed by atoms with Crippen LogP contribution in [-0.2, 0) is 9.59 Å². The van der Waals surface area contributed by atoms with Crippen LogP contribution in [0.5, 0.6) is 0 Å². The van der Waals surface area contributed by atoms with Gasteiger partial charge in [-0.15, -0.1) is 0 Å². The van der Waals surface area contributed by atoms with E-state index in [4.69, 9.17) is 0 Å². The summed E-state index contributed by atoms with van der Waals surface area (Å²) < 4.78 is 0. The van der Waals surface area contributed by atoms with Crippen LogP contribution in [0.15, 0.2) is 0 Å². The predicted octanol–water partition coefficient (Wildman–Crippen LogP) is 3.16. The summed E-state index contributed by atoms with van der Waals surface area (Å²) in [5.41, 5.74) is 0.339. The zero-order chi connectivity index (χ0) is 16.1. The number of hydrogen-bond acceptors (Lipinski definition) is 2. The lowest BCUT2D eigenvalue weighted by Crippen LogP contribution is -2.47. The van der Waals surface area contributed by atoms with Crippen LogP contribution in [0, 0.1) is 17.3 Å². The summed E-state index contributed by atoms with van der Waals surface area (Å²) in [5, 5.41) is 6.07. The molecule has 1 saturated heterocycles. The molecule has 130 valence electrons. The topological polar surface area (TPSA) is 58.2 Å². The van der Waals surface area contributed by atoms with Gasteiger partial charge in [0, 0.05) is 25.4 Å². The fourth-order valence-electron chi connectivity index (χ4n) is 5.12. The van der Waals surface area contributed by atoms with Crippen LogP contribution in [0.25, 0.3) is 0 Å². The van der Waals surface area contributed by atoms with Crippen molar-refractivity contribution < 1.29 is 9.59 Å². The first-order valence-corrected chi connectivity index (χ1v) is 9.74. The third-order valence-electron chi connectivity index (χ3n) is 6.55. The molecule has 1 aliphatic heterocycles. The average Bonchev–Trinajstić information content (AvgIpc) is 2.61. The molecule has 3 aliphatic rings. The van der Waals surface area contributed by atoms with Gasteiger partial charge in [-0.05, 0) is 43.4 Å². The fourth-order valence-corrected chi connectivity index (χ4v) is 5.12. The summed E-state index contributed by atoms with van der Waals surface area (Å²) in [7, 11) is 0. The zero-order valence-corrected chi connectivity index (χ0v) is 14.4. The van der Waals surface area contributed by atoms with E-state index in [9.17, 15) is 9.59 Å². The molecular weight excluding hydrogens is 288 g/mol. The Morgan fingerprint density at radius 3 is 2.43 bits per heavy atom. The van der Waals surface area contributed by atoms with Gasteiger partial charge in [0.25, 0.3) is 0 Å². The van der Waals surface area contributed by atoms with Gasteiger partial charge in [-0.3, -0.25) is 9.59 Å². The molecule has 4 nitrogen and oxygen atoms in total. The molecular formula is C19H32N2O2. The van der Waals surface area contributed by atoms with Gasteiger partial charge in [0.05, 0.1) is 0 Å². The van der Waals surface area contributed by atoms with Gasteiger partial charge in [0.1, 0.15) is 0 Å². The van der Waals surface area contributed by atoms with E-state index in [1.165, 1.54) is 64.2 Å². The van der Waals surface area contributed by atoms with Crippen molar-refractivity contribution in [3.63, 3.8) is 0 Å². The number of carbonyl (C=O) groups excluding carboxylic acids is 2. The number of carbonyl (C=O) groups is 2. The van der Waals surface area contributed by atoms with Gasteiger partial charge in [-0.25, -0.2) is 0 Å². The molecule has 1 heterocycles. The smallest absolute Gasteiger partial charge is 0.223 e. The second kappa shape index (κ2) is 7.67. The molecule has 0 aromatic rings. The van der Waals surface area contributed by atoms with Crippen LogP contribution in [0.4, 0.5) is 0 Å². The summed E-state index contributed by atoms with van der Waals surface area (Å²) in [6.45, 7) is 1.49.